The van der Waals surface area contributed by atoms with Crippen LogP contribution < -0.4 is 6.15 Å². The van der Waals surface area contributed by atoms with Gasteiger partial charge in [0, 0.05) is 0 Å². The van der Waals surface area contributed by atoms with Gasteiger partial charge in [0.25, 0.3) is 0 Å². The molecule has 0 radical (unpaired) electrons. The Labute approximate surface area is 109 Å². The lowest BCUT2D eigenvalue weighted by molar-refractivity contribution is -0.0342. The van der Waals surface area contributed by atoms with E-state index in [0.29, 0.717) is 5.92 Å². The van der Waals surface area contributed by atoms with E-state index < -0.39 is 0 Å². The Hall–Kier alpha value is -0.0800. The van der Waals surface area contributed by atoms with Gasteiger partial charge in [-0.05, 0) is 25.2 Å². The zero-order chi connectivity index (χ0) is 12.4. The second-order valence-electron chi connectivity index (χ2n) is 5.35. The molecule has 0 spiro atoms. The topological polar surface area (TPSA) is 55.2 Å². The van der Waals surface area contributed by atoms with E-state index in [9.17, 15) is 5.11 Å². The predicted molar refractivity (Wildman–Crippen MR) is 77.7 cm³/mol. The summed E-state index contributed by atoms with van der Waals surface area (Å²) >= 11 is 0. The van der Waals surface area contributed by atoms with Crippen molar-refractivity contribution in [2.24, 2.45) is 5.92 Å². The molecule has 4 N–H and O–H groups in total. The maximum atomic E-state index is 10.8. The molecule has 0 rings (SSSR count). The van der Waals surface area contributed by atoms with Crippen LogP contribution in [0.4, 0.5) is 0 Å². The zero-order valence-electron chi connectivity index (χ0n) is 12.6. The summed E-state index contributed by atoms with van der Waals surface area (Å²) in [7, 11) is 0. The van der Waals surface area contributed by atoms with Gasteiger partial charge >= 0.3 is 0 Å². The Morgan fingerprint density at radius 3 is 1.65 bits per heavy atom. The van der Waals surface area contributed by atoms with Gasteiger partial charge in [0.05, 0.1) is 5.60 Å². The minimum absolute atomic E-state index is 0. The van der Waals surface area contributed by atoms with Gasteiger partial charge in [0.1, 0.15) is 0 Å². The highest BCUT2D eigenvalue weighted by Gasteiger charge is 2.31. The first-order valence-corrected chi connectivity index (χ1v) is 7.33. The number of hydrogen-bond acceptors (Lipinski definition) is 2. The van der Waals surface area contributed by atoms with Crippen LogP contribution in [0.5, 0.6) is 0 Å². The lowest BCUT2D eigenvalue weighted by Gasteiger charge is -2.34. The van der Waals surface area contributed by atoms with Crippen molar-refractivity contribution in [1.82, 2.24) is 6.15 Å². The van der Waals surface area contributed by atoms with Crippen LogP contribution in [-0.2, 0) is 0 Å². The number of unbranched alkanes of at least 4 members (excludes halogenated alkanes) is 3. The summed E-state index contributed by atoms with van der Waals surface area (Å²) < 4.78 is 0. The molecule has 0 amide bonds. The van der Waals surface area contributed by atoms with Crippen molar-refractivity contribution in [1.29, 1.82) is 0 Å². The third kappa shape index (κ3) is 7.77. The first-order chi connectivity index (χ1) is 7.60. The van der Waals surface area contributed by atoms with Gasteiger partial charge in [-0.2, -0.15) is 0 Å². The molecule has 2 heteroatoms. The molecule has 0 saturated heterocycles. The third-order valence-corrected chi connectivity index (χ3v) is 3.83. The molecule has 0 heterocycles. The average molecular weight is 245 g/mol. The van der Waals surface area contributed by atoms with E-state index in [4.69, 9.17) is 0 Å². The van der Waals surface area contributed by atoms with Crippen molar-refractivity contribution in [2.75, 3.05) is 0 Å². The number of hydrogen-bond donors (Lipinski definition) is 2. The maximum Gasteiger partial charge on any atom is 0.0673 e. The standard InChI is InChI=1S/C15H32O.H3N/c1-5-8-11-14(4)15(16,12-9-6-2)13-10-7-3;/h14,16H,5-13H2,1-4H3;1H3. The summed E-state index contributed by atoms with van der Waals surface area (Å²) in [6.07, 6.45) is 10.4. The Morgan fingerprint density at radius 2 is 1.29 bits per heavy atom. The molecule has 1 atom stereocenters. The molecule has 0 aliphatic rings. The molecule has 0 saturated carbocycles. The van der Waals surface area contributed by atoms with Crippen molar-refractivity contribution in [2.45, 2.75) is 91.1 Å². The first kappa shape index (κ1) is 19.3. The second kappa shape index (κ2) is 11.0. The van der Waals surface area contributed by atoms with Crippen LogP contribution in [0.3, 0.4) is 0 Å². The second-order valence-corrected chi connectivity index (χ2v) is 5.35. The molecular weight excluding hydrogens is 210 g/mol. The molecule has 0 aromatic carbocycles. The summed E-state index contributed by atoms with van der Waals surface area (Å²) in [5.74, 6) is 0.463. The fraction of sp³-hybridized carbons (Fsp3) is 1.00. The maximum absolute atomic E-state index is 10.8. The molecular formula is C15H35NO. The normalized spacial score (nSPS) is 13.2. The molecule has 1 unspecified atom stereocenters. The molecule has 0 aromatic rings. The summed E-state index contributed by atoms with van der Waals surface area (Å²) in [4.78, 5) is 0. The van der Waals surface area contributed by atoms with Gasteiger partial charge in [-0.3, -0.25) is 0 Å². The van der Waals surface area contributed by atoms with Crippen molar-refractivity contribution >= 4 is 0 Å². The monoisotopic (exact) mass is 245 g/mol. The van der Waals surface area contributed by atoms with Crippen LogP contribution in [0.2, 0.25) is 0 Å². The van der Waals surface area contributed by atoms with Crippen LogP contribution in [0.25, 0.3) is 0 Å². The smallest absolute Gasteiger partial charge is 0.0673 e. The summed E-state index contributed by atoms with van der Waals surface area (Å²) in [5, 5.41) is 10.8. The van der Waals surface area contributed by atoms with Crippen molar-refractivity contribution in [3.05, 3.63) is 0 Å². The SMILES string of the molecule is CCCCC(C)C(O)(CCCC)CCCC.N. The molecule has 0 aromatic heterocycles. The molecule has 2 nitrogen and oxygen atoms in total. The van der Waals surface area contributed by atoms with E-state index in [2.05, 4.69) is 27.7 Å². The van der Waals surface area contributed by atoms with Crippen LogP contribution in [0.15, 0.2) is 0 Å². The molecule has 0 aliphatic carbocycles. The van der Waals surface area contributed by atoms with E-state index in [1.165, 1.54) is 32.1 Å². The Kier molecular flexibility index (Phi) is 12.5. The van der Waals surface area contributed by atoms with Gasteiger partial charge in [-0.1, -0.05) is 66.2 Å². The van der Waals surface area contributed by atoms with Gasteiger partial charge in [-0.15, -0.1) is 0 Å². The highest BCUT2D eigenvalue weighted by Crippen LogP contribution is 2.32. The van der Waals surface area contributed by atoms with E-state index >= 15 is 0 Å². The fourth-order valence-corrected chi connectivity index (χ4v) is 2.36. The van der Waals surface area contributed by atoms with E-state index in [-0.39, 0.29) is 11.8 Å². The van der Waals surface area contributed by atoms with Gasteiger partial charge in [0.15, 0.2) is 0 Å². The third-order valence-electron chi connectivity index (χ3n) is 3.83. The van der Waals surface area contributed by atoms with Gasteiger partial charge in [0.2, 0.25) is 0 Å². The number of rotatable bonds is 10. The Bertz CT molecular complexity index is 151. The minimum atomic E-state index is -0.388. The molecule has 0 aliphatic heterocycles. The lowest BCUT2D eigenvalue weighted by atomic mass is 9.78. The van der Waals surface area contributed by atoms with Crippen molar-refractivity contribution in [3.63, 3.8) is 0 Å². The molecule has 0 bridgehead atoms. The quantitative estimate of drug-likeness (QED) is 0.563. The molecule has 106 valence electrons. The van der Waals surface area contributed by atoms with Crippen LogP contribution in [0, 0.1) is 5.92 Å². The molecule has 17 heavy (non-hydrogen) atoms. The zero-order valence-corrected chi connectivity index (χ0v) is 12.6. The van der Waals surface area contributed by atoms with Crippen molar-refractivity contribution in [3.8, 4) is 0 Å². The van der Waals surface area contributed by atoms with E-state index in [1.807, 2.05) is 0 Å². The van der Waals surface area contributed by atoms with Crippen LogP contribution in [0.1, 0.15) is 85.5 Å². The summed E-state index contributed by atoms with van der Waals surface area (Å²) in [6, 6.07) is 0. The summed E-state index contributed by atoms with van der Waals surface area (Å²) in [6.45, 7) is 8.87. The van der Waals surface area contributed by atoms with Crippen LogP contribution >= 0.6 is 0 Å². The highest BCUT2D eigenvalue weighted by atomic mass is 16.3. The van der Waals surface area contributed by atoms with Crippen LogP contribution in [-0.4, -0.2) is 10.7 Å². The molecule has 0 fully saturated rings. The van der Waals surface area contributed by atoms with Crippen molar-refractivity contribution < 1.29 is 5.11 Å². The first-order valence-electron chi connectivity index (χ1n) is 7.33. The fourth-order valence-electron chi connectivity index (χ4n) is 2.36. The van der Waals surface area contributed by atoms with Gasteiger partial charge in [-0.25, -0.2) is 0 Å². The van der Waals surface area contributed by atoms with E-state index in [0.717, 1.165) is 25.7 Å². The lowest BCUT2D eigenvalue weighted by Crippen LogP contribution is -2.36. The number of aliphatic hydroxyl groups is 1. The summed E-state index contributed by atoms with van der Waals surface area (Å²) in [5.41, 5.74) is -0.388. The Morgan fingerprint density at radius 1 is 0.882 bits per heavy atom. The average Bonchev–Trinajstić information content (AvgIpc) is 2.30. The predicted octanol–water partition coefficient (Wildman–Crippen LogP) is 5.09. The minimum Gasteiger partial charge on any atom is -0.390 e. The highest BCUT2D eigenvalue weighted by molar-refractivity contribution is 4.83. The van der Waals surface area contributed by atoms with Gasteiger partial charge < -0.3 is 11.3 Å². The Balaban J connectivity index is 0. The van der Waals surface area contributed by atoms with E-state index in [1.54, 1.807) is 0 Å². The largest absolute Gasteiger partial charge is 0.390 e.